The number of ether oxygens (including phenoxy) is 1. The van der Waals surface area contributed by atoms with Crippen LogP contribution in [0.25, 0.3) is 0 Å². The normalized spacial score (nSPS) is 19.5. The monoisotopic (exact) mass is 291 g/mol. The molecule has 0 radical (unpaired) electrons. The van der Waals surface area contributed by atoms with E-state index in [2.05, 4.69) is 0 Å². The molecule has 114 valence electrons. The number of hydrogen-bond acceptors (Lipinski definition) is 4. The fraction of sp³-hybridized carbons (Fsp3) is 0.467. The first kappa shape index (κ1) is 15.5. The lowest BCUT2D eigenvalue weighted by Crippen LogP contribution is -2.59. The second-order valence-electron chi connectivity index (χ2n) is 5.31. The van der Waals surface area contributed by atoms with Gasteiger partial charge in [-0.2, -0.15) is 0 Å². The molecule has 0 saturated carbocycles. The topological polar surface area (TPSA) is 75.9 Å². The average molecular weight is 291 g/mol. The Labute approximate surface area is 124 Å². The molecule has 1 unspecified atom stereocenters. The van der Waals surface area contributed by atoms with Crippen LogP contribution in [-0.4, -0.2) is 61.4 Å². The van der Waals surface area contributed by atoms with Crippen molar-refractivity contribution in [2.75, 3.05) is 33.8 Å². The summed E-state index contributed by atoms with van der Waals surface area (Å²) in [6, 6.07) is 6.65. The van der Waals surface area contributed by atoms with Crippen molar-refractivity contribution < 1.29 is 14.3 Å². The van der Waals surface area contributed by atoms with Gasteiger partial charge in [0.05, 0.1) is 6.61 Å². The highest BCUT2D eigenvalue weighted by atomic mass is 16.5. The van der Waals surface area contributed by atoms with Crippen molar-refractivity contribution in [1.82, 2.24) is 9.80 Å². The third-order valence-corrected chi connectivity index (χ3v) is 3.68. The number of amides is 2. The van der Waals surface area contributed by atoms with Crippen molar-refractivity contribution in [2.24, 2.45) is 5.73 Å². The van der Waals surface area contributed by atoms with Gasteiger partial charge >= 0.3 is 0 Å². The van der Waals surface area contributed by atoms with Crippen LogP contribution in [0.4, 0.5) is 0 Å². The Kier molecular flexibility index (Phi) is 4.93. The highest BCUT2D eigenvalue weighted by Gasteiger charge is 2.33. The Hall–Kier alpha value is -1.92. The molecule has 6 heteroatoms. The molecule has 1 aromatic carbocycles. The van der Waals surface area contributed by atoms with E-state index in [0.717, 1.165) is 12.1 Å². The zero-order valence-electron chi connectivity index (χ0n) is 12.4. The minimum atomic E-state index is -0.574. The van der Waals surface area contributed by atoms with E-state index in [1.54, 1.807) is 24.1 Å². The summed E-state index contributed by atoms with van der Waals surface area (Å²) in [5.41, 5.74) is 6.98. The molecule has 0 spiro atoms. The van der Waals surface area contributed by atoms with Gasteiger partial charge in [0.2, 0.25) is 5.91 Å². The van der Waals surface area contributed by atoms with Crippen molar-refractivity contribution in [1.29, 1.82) is 0 Å². The fourth-order valence-electron chi connectivity index (χ4n) is 2.48. The Balaban J connectivity index is 2.15. The second kappa shape index (κ2) is 6.69. The minimum absolute atomic E-state index is 0.157. The van der Waals surface area contributed by atoms with E-state index in [-0.39, 0.29) is 5.91 Å². The van der Waals surface area contributed by atoms with Gasteiger partial charge in [-0.15, -0.1) is 0 Å². The van der Waals surface area contributed by atoms with E-state index in [0.29, 0.717) is 25.3 Å². The number of carbonyl (C=O) groups is 2. The Morgan fingerprint density at radius 3 is 2.52 bits per heavy atom. The molecule has 0 aromatic heterocycles. The number of likely N-dealkylation sites (N-methyl/N-ethyl adjacent to an activating group) is 1. The largest absolute Gasteiger partial charge is 0.380 e. The highest BCUT2D eigenvalue weighted by Crippen LogP contribution is 2.14. The summed E-state index contributed by atoms with van der Waals surface area (Å²) in [6.07, 6.45) is 0. The van der Waals surface area contributed by atoms with Crippen LogP contribution >= 0.6 is 0 Å². The van der Waals surface area contributed by atoms with E-state index < -0.39 is 11.9 Å². The molecule has 1 aromatic rings. The first-order valence-corrected chi connectivity index (χ1v) is 6.89. The fourth-order valence-corrected chi connectivity index (χ4v) is 2.48. The number of nitrogens with zero attached hydrogens (tertiary/aromatic N) is 2. The Morgan fingerprint density at radius 2 is 1.95 bits per heavy atom. The molecule has 1 atom stereocenters. The first-order chi connectivity index (χ1) is 10.0. The molecular weight excluding hydrogens is 270 g/mol. The molecule has 1 heterocycles. The second-order valence-corrected chi connectivity index (χ2v) is 5.31. The summed E-state index contributed by atoms with van der Waals surface area (Å²) < 4.78 is 5.04. The number of primary amides is 1. The maximum atomic E-state index is 12.6. The molecule has 0 bridgehead atoms. The molecule has 1 aliphatic rings. The standard InChI is InChI=1S/C15H21N3O3/c1-17-7-8-18(13(9-17)14(16)19)15(20)12-5-3-11(4-6-12)10-21-2/h3-6,13H,7-10H2,1-2H3,(H2,16,19). The van der Waals surface area contributed by atoms with Crippen LogP contribution in [0.2, 0.25) is 0 Å². The van der Waals surface area contributed by atoms with Gasteiger partial charge in [0, 0.05) is 32.3 Å². The van der Waals surface area contributed by atoms with Gasteiger partial charge in [-0.3, -0.25) is 9.59 Å². The van der Waals surface area contributed by atoms with E-state index >= 15 is 0 Å². The van der Waals surface area contributed by atoms with Crippen LogP contribution in [-0.2, 0) is 16.1 Å². The predicted octanol–water partition coefficient (Wildman–Crippen LogP) is 0.0745. The smallest absolute Gasteiger partial charge is 0.254 e. The van der Waals surface area contributed by atoms with E-state index in [9.17, 15) is 9.59 Å². The first-order valence-electron chi connectivity index (χ1n) is 6.89. The summed E-state index contributed by atoms with van der Waals surface area (Å²) in [7, 11) is 3.54. The van der Waals surface area contributed by atoms with Crippen LogP contribution < -0.4 is 5.73 Å². The quantitative estimate of drug-likeness (QED) is 0.852. The Morgan fingerprint density at radius 1 is 1.29 bits per heavy atom. The molecule has 0 aliphatic carbocycles. The van der Waals surface area contributed by atoms with Gasteiger partial charge in [-0.1, -0.05) is 12.1 Å². The van der Waals surface area contributed by atoms with Crippen LogP contribution in [0.1, 0.15) is 15.9 Å². The van der Waals surface area contributed by atoms with Crippen molar-refractivity contribution in [3.8, 4) is 0 Å². The maximum absolute atomic E-state index is 12.6. The van der Waals surface area contributed by atoms with Crippen molar-refractivity contribution in [2.45, 2.75) is 12.6 Å². The Bertz CT molecular complexity index is 515. The summed E-state index contributed by atoms with van der Waals surface area (Å²) >= 11 is 0. The number of benzene rings is 1. The molecule has 1 fully saturated rings. The SMILES string of the molecule is COCc1ccc(C(=O)N2CCN(C)CC2C(N)=O)cc1. The molecule has 1 saturated heterocycles. The third-order valence-electron chi connectivity index (χ3n) is 3.68. The molecule has 2 rings (SSSR count). The summed E-state index contributed by atoms with van der Waals surface area (Å²) in [6.45, 7) is 2.22. The lowest BCUT2D eigenvalue weighted by atomic mass is 10.1. The van der Waals surface area contributed by atoms with Gasteiger partial charge in [0.15, 0.2) is 0 Å². The zero-order valence-corrected chi connectivity index (χ0v) is 12.4. The zero-order chi connectivity index (χ0) is 15.4. The van der Waals surface area contributed by atoms with Gasteiger partial charge in [0.1, 0.15) is 6.04 Å². The average Bonchev–Trinajstić information content (AvgIpc) is 2.47. The maximum Gasteiger partial charge on any atom is 0.254 e. The molecular formula is C15H21N3O3. The molecule has 2 amide bonds. The van der Waals surface area contributed by atoms with Gasteiger partial charge in [0.25, 0.3) is 5.91 Å². The van der Waals surface area contributed by atoms with E-state index in [1.165, 1.54) is 0 Å². The lowest BCUT2D eigenvalue weighted by Gasteiger charge is -2.38. The van der Waals surface area contributed by atoms with Crippen LogP contribution in [0, 0.1) is 0 Å². The minimum Gasteiger partial charge on any atom is -0.380 e. The summed E-state index contributed by atoms with van der Waals surface area (Å²) in [5.74, 6) is -0.623. The van der Waals surface area contributed by atoms with Crippen LogP contribution in [0.15, 0.2) is 24.3 Å². The molecule has 6 nitrogen and oxygen atoms in total. The summed E-state index contributed by atoms with van der Waals surface area (Å²) in [5, 5.41) is 0. The van der Waals surface area contributed by atoms with Crippen molar-refractivity contribution in [3.63, 3.8) is 0 Å². The van der Waals surface area contributed by atoms with Crippen LogP contribution in [0.3, 0.4) is 0 Å². The molecule has 1 aliphatic heterocycles. The van der Waals surface area contributed by atoms with E-state index in [4.69, 9.17) is 10.5 Å². The number of piperazine rings is 1. The van der Waals surface area contributed by atoms with Gasteiger partial charge < -0.3 is 20.3 Å². The number of carbonyl (C=O) groups excluding carboxylic acids is 2. The number of methoxy groups -OCH3 is 1. The van der Waals surface area contributed by atoms with Gasteiger partial charge in [-0.25, -0.2) is 0 Å². The predicted molar refractivity (Wildman–Crippen MR) is 78.7 cm³/mol. The number of hydrogen-bond donors (Lipinski definition) is 1. The molecule has 21 heavy (non-hydrogen) atoms. The molecule has 2 N–H and O–H groups in total. The van der Waals surface area contributed by atoms with Crippen LogP contribution in [0.5, 0.6) is 0 Å². The number of rotatable bonds is 4. The highest BCUT2D eigenvalue weighted by molar-refractivity contribution is 5.97. The van der Waals surface area contributed by atoms with E-state index in [1.807, 2.05) is 24.1 Å². The van der Waals surface area contributed by atoms with Gasteiger partial charge in [-0.05, 0) is 24.7 Å². The number of nitrogens with two attached hydrogens (primary N) is 1. The van der Waals surface area contributed by atoms with Crippen molar-refractivity contribution >= 4 is 11.8 Å². The third kappa shape index (κ3) is 3.59. The van der Waals surface area contributed by atoms with Crippen molar-refractivity contribution in [3.05, 3.63) is 35.4 Å². The lowest BCUT2D eigenvalue weighted by molar-refractivity contribution is -0.124. The summed E-state index contributed by atoms with van der Waals surface area (Å²) in [4.78, 5) is 27.7.